The van der Waals surface area contributed by atoms with E-state index in [9.17, 15) is 14.4 Å². The van der Waals surface area contributed by atoms with Crippen molar-refractivity contribution in [2.75, 3.05) is 26.2 Å². The molecule has 2 amide bonds. The number of nitrogens with zero attached hydrogens (tertiary/aromatic N) is 2. The van der Waals surface area contributed by atoms with Crippen molar-refractivity contribution in [1.82, 2.24) is 9.80 Å². The molecule has 0 aromatic rings. The van der Waals surface area contributed by atoms with E-state index in [1.165, 1.54) is 0 Å². The Morgan fingerprint density at radius 3 is 2.27 bits per heavy atom. The Kier molecular flexibility index (Phi) is 6.67. The van der Waals surface area contributed by atoms with Gasteiger partial charge in [0.25, 0.3) is 0 Å². The molecule has 0 saturated carbocycles. The van der Waals surface area contributed by atoms with Crippen LogP contribution in [-0.2, 0) is 14.3 Å². The van der Waals surface area contributed by atoms with Gasteiger partial charge in [0, 0.05) is 26.2 Å². The number of hydrogen-bond donors (Lipinski definition) is 1. The van der Waals surface area contributed by atoms with Gasteiger partial charge in [-0.15, -0.1) is 0 Å². The average Bonchev–Trinajstić information content (AvgIpc) is 2.58. The van der Waals surface area contributed by atoms with Crippen molar-refractivity contribution in [2.24, 2.45) is 11.8 Å². The number of aliphatic carboxylic acids is 1. The third kappa shape index (κ3) is 6.04. The van der Waals surface area contributed by atoms with Crippen LogP contribution in [0.4, 0.5) is 4.79 Å². The van der Waals surface area contributed by atoms with E-state index >= 15 is 0 Å². The van der Waals surface area contributed by atoms with Crippen LogP contribution in [-0.4, -0.2) is 64.7 Å². The average molecular weight is 366 g/mol. The van der Waals surface area contributed by atoms with Crippen LogP contribution >= 0.6 is 0 Å². The molecule has 0 radical (unpaired) electrons. The van der Waals surface area contributed by atoms with E-state index < -0.39 is 17.5 Å². The summed E-state index contributed by atoms with van der Waals surface area (Å²) in [6, 6.07) is 0. The van der Waals surface area contributed by atoms with Gasteiger partial charge < -0.3 is 19.6 Å². The van der Waals surface area contributed by atoms with Crippen molar-refractivity contribution in [3.63, 3.8) is 0 Å². The van der Waals surface area contributed by atoms with Crippen LogP contribution in [0, 0.1) is 11.8 Å². The molecule has 2 aliphatic heterocycles. The Balaban J connectivity index is 1.78. The summed E-state index contributed by atoms with van der Waals surface area (Å²) in [6.45, 7) is 7.68. The van der Waals surface area contributed by atoms with E-state index in [0.29, 0.717) is 26.1 Å². The van der Waals surface area contributed by atoms with Crippen LogP contribution in [0.2, 0.25) is 0 Å². The van der Waals surface area contributed by atoms with Gasteiger partial charge in [-0.1, -0.05) is 6.08 Å². The maximum absolute atomic E-state index is 12.3. The first kappa shape index (κ1) is 20.3. The molecule has 2 saturated heterocycles. The van der Waals surface area contributed by atoms with Crippen molar-refractivity contribution in [3.05, 3.63) is 12.2 Å². The highest BCUT2D eigenvalue weighted by atomic mass is 16.6. The van der Waals surface area contributed by atoms with E-state index in [0.717, 1.165) is 19.3 Å². The van der Waals surface area contributed by atoms with E-state index in [-0.39, 0.29) is 24.5 Å². The molecule has 2 rings (SSSR count). The minimum atomic E-state index is -0.832. The van der Waals surface area contributed by atoms with Crippen LogP contribution in [0.3, 0.4) is 0 Å². The largest absolute Gasteiger partial charge is 0.481 e. The number of rotatable bonds is 3. The highest BCUT2D eigenvalue weighted by Gasteiger charge is 2.28. The van der Waals surface area contributed by atoms with Crippen LogP contribution in [0.15, 0.2) is 12.2 Å². The number of carboxylic acids is 1. The molecule has 26 heavy (non-hydrogen) atoms. The van der Waals surface area contributed by atoms with Gasteiger partial charge in [0.1, 0.15) is 5.60 Å². The molecule has 0 unspecified atom stereocenters. The Labute approximate surface area is 155 Å². The lowest BCUT2D eigenvalue weighted by Gasteiger charge is -2.32. The number of likely N-dealkylation sites (tertiary alicyclic amines) is 2. The Bertz CT molecular complexity index is 559. The molecule has 7 heteroatoms. The second kappa shape index (κ2) is 8.56. The molecule has 0 bridgehead atoms. The standard InChI is InChI=1S/C19H30N2O5/c1-19(2,3)26-18(25)20-11-8-14(9-12-20)6-7-16(22)21-10-4-5-15(13-21)17(23)24/h6-7,14-15H,4-5,8-13H2,1-3H3,(H,23,24)/b7-6+/t15-/m0/s1. The molecule has 2 fully saturated rings. The van der Waals surface area contributed by atoms with E-state index in [1.807, 2.05) is 26.8 Å². The molecule has 1 atom stereocenters. The van der Waals surface area contributed by atoms with Crippen molar-refractivity contribution >= 4 is 18.0 Å². The smallest absolute Gasteiger partial charge is 0.410 e. The Morgan fingerprint density at radius 1 is 1.04 bits per heavy atom. The van der Waals surface area contributed by atoms with Crippen LogP contribution in [0.25, 0.3) is 0 Å². The number of hydrogen-bond acceptors (Lipinski definition) is 4. The minimum Gasteiger partial charge on any atom is -0.481 e. The monoisotopic (exact) mass is 366 g/mol. The highest BCUT2D eigenvalue weighted by Crippen LogP contribution is 2.21. The van der Waals surface area contributed by atoms with Gasteiger partial charge in [-0.25, -0.2) is 4.79 Å². The van der Waals surface area contributed by atoms with Gasteiger partial charge in [-0.05, 0) is 58.4 Å². The number of carboxylic acid groups (broad SMARTS) is 1. The van der Waals surface area contributed by atoms with Crippen LogP contribution < -0.4 is 0 Å². The Morgan fingerprint density at radius 2 is 1.69 bits per heavy atom. The lowest BCUT2D eigenvalue weighted by Crippen LogP contribution is -2.42. The molecule has 0 spiro atoms. The molecular weight excluding hydrogens is 336 g/mol. The first-order valence-electron chi connectivity index (χ1n) is 9.33. The fourth-order valence-electron chi connectivity index (χ4n) is 3.30. The predicted molar refractivity (Wildman–Crippen MR) is 96.6 cm³/mol. The van der Waals surface area contributed by atoms with Gasteiger partial charge in [0.2, 0.25) is 5.91 Å². The summed E-state index contributed by atoms with van der Waals surface area (Å²) in [7, 11) is 0. The number of carbonyl (C=O) groups excluding carboxylic acids is 2. The SMILES string of the molecule is CC(C)(C)OC(=O)N1CCC(/C=C/C(=O)N2CCC[C@H](C(=O)O)C2)CC1. The minimum absolute atomic E-state index is 0.120. The number of ether oxygens (including phenoxy) is 1. The zero-order valence-corrected chi connectivity index (χ0v) is 15.9. The topological polar surface area (TPSA) is 87.2 Å². The van der Waals surface area contributed by atoms with Gasteiger partial charge in [-0.3, -0.25) is 9.59 Å². The number of amides is 2. The fraction of sp³-hybridized carbons (Fsp3) is 0.737. The summed E-state index contributed by atoms with van der Waals surface area (Å²) >= 11 is 0. The molecule has 2 heterocycles. The zero-order chi connectivity index (χ0) is 19.3. The number of piperidine rings is 2. The number of allylic oxidation sites excluding steroid dienone is 1. The Hall–Kier alpha value is -2.05. The molecule has 0 aromatic carbocycles. The maximum Gasteiger partial charge on any atom is 0.410 e. The van der Waals surface area contributed by atoms with Crippen LogP contribution in [0.1, 0.15) is 46.5 Å². The van der Waals surface area contributed by atoms with Gasteiger partial charge in [0.05, 0.1) is 5.92 Å². The van der Waals surface area contributed by atoms with E-state index in [2.05, 4.69) is 0 Å². The second-order valence-electron chi connectivity index (χ2n) is 8.13. The van der Waals surface area contributed by atoms with Gasteiger partial charge in [-0.2, -0.15) is 0 Å². The molecule has 7 nitrogen and oxygen atoms in total. The highest BCUT2D eigenvalue weighted by molar-refractivity contribution is 5.88. The van der Waals surface area contributed by atoms with Crippen molar-refractivity contribution < 1.29 is 24.2 Å². The maximum atomic E-state index is 12.3. The quantitative estimate of drug-likeness (QED) is 0.776. The summed E-state index contributed by atoms with van der Waals surface area (Å²) in [6.07, 6.45) is 6.12. The van der Waals surface area contributed by atoms with Crippen LogP contribution in [0.5, 0.6) is 0 Å². The third-order valence-electron chi connectivity index (χ3n) is 4.78. The summed E-state index contributed by atoms with van der Waals surface area (Å²) in [5.41, 5.74) is -0.498. The summed E-state index contributed by atoms with van der Waals surface area (Å²) in [5.74, 6) is -1.16. The van der Waals surface area contributed by atoms with E-state index in [4.69, 9.17) is 9.84 Å². The molecule has 146 valence electrons. The third-order valence-corrected chi connectivity index (χ3v) is 4.78. The lowest BCUT2D eigenvalue weighted by molar-refractivity contribution is -0.144. The predicted octanol–water partition coefficient (Wildman–Crippen LogP) is 2.51. The van der Waals surface area contributed by atoms with Crippen molar-refractivity contribution in [3.8, 4) is 0 Å². The summed E-state index contributed by atoms with van der Waals surface area (Å²) in [5, 5.41) is 9.11. The first-order valence-corrected chi connectivity index (χ1v) is 9.33. The zero-order valence-electron chi connectivity index (χ0n) is 15.9. The summed E-state index contributed by atoms with van der Waals surface area (Å²) < 4.78 is 5.38. The van der Waals surface area contributed by atoms with Gasteiger partial charge in [0.15, 0.2) is 0 Å². The molecule has 2 aliphatic rings. The first-order chi connectivity index (χ1) is 12.2. The van der Waals surface area contributed by atoms with Crippen molar-refractivity contribution in [1.29, 1.82) is 0 Å². The molecule has 0 aromatic heterocycles. The van der Waals surface area contributed by atoms with E-state index in [1.54, 1.807) is 15.9 Å². The fourth-order valence-corrected chi connectivity index (χ4v) is 3.30. The van der Waals surface area contributed by atoms with Crippen molar-refractivity contribution in [2.45, 2.75) is 52.1 Å². The second-order valence-corrected chi connectivity index (χ2v) is 8.13. The lowest BCUT2D eigenvalue weighted by atomic mass is 9.96. The molecular formula is C19H30N2O5. The number of carbonyl (C=O) groups is 3. The van der Waals surface area contributed by atoms with Gasteiger partial charge >= 0.3 is 12.1 Å². The molecule has 0 aliphatic carbocycles. The molecule has 1 N–H and O–H groups in total. The normalized spacial score (nSPS) is 22.5. The summed E-state index contributed by atoms with van der Waals surface area (Å²) in [4.78, 5) is 38.8.